The molecule has 0 aromatic rings. The molecule has 0 aromatic heterocycles. The van der Waals surface area contributed by atoms with Gasteiger partial charge in [-0.1, -0.05) is 26.7 Å². The molecule has 0 radical (unpaired) electrons. The Balaban J connectivity index is 2.60. The van der Waals surface area contributed by atoms with Crippen LogP contribution in [0.1, 0.15) is 39.5 Å². The molecule has 2 N–H and O–H groups in total. The van der Waals surface area contributed by atoms with Crippen LogP contribution in [-0.4, -0.2) is 44.2 Å². The highest BCUT2D eigenvalue weighted by molar-refractivity contribution is 5.72. The second-order valence-corrected chi connectivity index (χ2v) is 6.01. The van der Waals surface area contributed by atoms with Crippen molar-refractivity contribution in [2.45, 2.75) is 45.6 Å². The van der Waals surface area contributed by atoms with Crippen LogP contribution in [0.3, 0.4) is 0 Å². The Morgan fingerprint density at radius 2 is 2.16 bits per heavy atom. The van der Waals surface area contributed by atoms with E-state index in [-0.39, 0.29) is 11.9 Å². The summed E-state index contributed by atoms with van der Waals surface area (Å²) in [4.78, 5) is 13.8. The number of carbonyl (C=O) groups excluding carboxylic acids is 1. The van der Waals surface area contributed by atoms with E-state index < -0.39 is 0 Å². The van der Waals surface area contributed by atoms with Crippen molar-refractivity contribution in [2.75, 3.05) is 27.2 Å². The second kappa shape index (κ2) is 7.85. The molecule has 1 saturated carbocycles. The minimum Gasteiger partial charge on any atom is -0.469 e. The molecule has 19 heavy (non-hydrogen) atoms. The molecule has 0 saturated heterocycles. The van der Waals surface area contributed by atoms with Gasteiger partial charge in [0.25, 0.3) is 0 Å². The van der Waals surface area contributed by atoms with Crippen molar-refractivity contribution in [1.29, 1.82) is 0 Å². The van der Waals surface area contributed by atoms with E-state index in [9.17, 15) is 4.79 Å². The minimum absolute atomic E-state index is 0.0737. The van der Waals surface area contributed by atoms with E-state index in [2.05, 4.69) is 18.9 Å². The molecule has 0 aromatic carbocycles. The molecule has 4 unspecified atom stereocenters. The van der Waals surface area contributed by atoms with E-state index in [1.54, 1.807) is 0 Å². The van der Waals surface area contributed by atoms with E-state index in [0.29, 0.717) is 12.0 Å². The predicted molar refractivity (Wildman–Crippen MR) is 77.8 cm³/mol. The number of esters is 1. The number of carbonyl (C=O) groups is 1. The average Bonchev–Trinajstić information content (AvgIpc) is 2.45. The molecular formula is C15H30N2O2. The molecule has 0 aliphatic heterocycles. The second-order valence-electron chi connectivity index (χ2n) is 6.01. The third kappa shape index (κ3) is 4.46. The summed E-state index contributed by atoms with van der Waals surface area (Å²) in [6.07, 6.45) is 4.98. The van der Waals surface area contributed by atoms with Gasteiger partial charge in [0.2, 0.25) is 0 Å². The summed E-state index contributed by atoms with van der Waals surface area (Å²) in [5.41, 5.74) is 5.92. The first-order valence-electron chi connectivity index (χ1n) is 7.51. The Kier molecular flexibility index (Phi) is 6.80. The largest absolute Gasteiger partial charge is 0.469 e. The quantitative estimate of drug-likeness (QED) is 0.749. The van der Waals surface area contributed by atoms with E-state index in [1.807, 2.05) is 6.92 Å². The number of nitrogens with two attached hydrogens (primary N) is 1. The molecule has 1 aliphatic rings. The number of hydrogen-bond acceptors (Lipinski definition) is 4. The Bertz CT molecular complexity index is 283. The van der Waals surface area contributed by atoms with Crippen molar-refractivity contribution in [3.63, 3.8) is 0 Å². The summed E-state index contributed by atoms with van der Waals surface area (Å²) in [5, 5.41) is 0. The van der Waals surface area contributed by atoms with Crippen LogP contribution in [0.25, 0.3) is 0 Å². The maximum absolute atomic E-state index is 11.5. The summed E-state index contributed by atoms with van der Waals surface area (Å²) in [5.74, 6) is 1.18. The van der Waals surface area contributed by atoms with Crippen LogP contribution in [0, 0.1) is 17.8 Å². The molecule has 0 bridgehead atoms. The normalized spacial score (nSPS) is 29.3. The third-order valence-electron chi connectivity index (χ3n) is 4.68. The fourth-order valence-corrected chi connectivity index (χ4v) is 3.32. The lowest BCUT2D eigenvalue weighted by atomic mass is 9.76. The van der Waals surface area contributed by atoms with Crippen LogP contribution in [0.15, 0.2) is 0 Å². The molecular weight excluding hydrogens is 240 g/mol. The van der Waals surface area contributed by atoms with Gasteiger partial charge in [-0.15, -0.1) is 0 Å². The van der Waals surface area contributed by atoms with Gasteiger partial charge in [-0.2, -0.15) is 0 Å². The highest BCUT2D eigenvalue weighted by Crippen LogP contribution is 2.33. The highest BCUT2D eigenvalue weighted by atomic mass is 16.5. The molecule has 1 rings (SSSR count). The third-order valence-corrected chi connectivity index (χ3v) is 4.68. The van der Waals surface area contributed by atoms with Gasteiger partial charge < -0.3 is 15.4 Å². The summed E-state index contributed by atoms with van der Waals surface area (Å²) < 4.78 is 4.81. The lowest BCUT2D eigenvalue weighted by Gasteiger charge is -2.41. The van der Waals surface area contributed by atoms with Gasteiger partial charge in [0.05, 0.1) is 13.0 Å². The number of ether oxygens (including phenoxy) is 1. The van der Waals surface area contributed by atoms with Crippen molar-refractivity contribution in [2.24, 2.45) is 23.5 Å². The Hall–Kier alpha value is -0.610. The first-order valence-corrected chi connectivity index (χ1v) is 7.51. The Morgan fingerprint density at radius 3 is 2.68 bits per heavy atom. The maximum atomic E-state index is 11.5. The lowest BCUT2D eigenvalue weighted by Crippen LogP contribution is -2.47. The fourth-order valence-electron chi connectivity index (χ4n) is 3.32. The van der Waals surface area contributed by atoms with Gasteiger partial charge in [-0.05, 0) is 38.3 Å². The van der Waals surface area contributed by atoms with Crippen molar-refractivity contribution < 1.29 is 9.53 Å². The smallest absolute Gasteiger partial charge is 0.309 e. The van der Waals surface area contributed by atoms with Crippen molar-refractivity contribution in [3.8, 4) is 0 Å². The van der Waals surface area contributed by atoms with Crippen molar-refractivity contribution in [1.82, 2.24) is 4.90 Å². The van der Waals surface area contributed by atoms with E-state index in [0.717, 1.165) is 19.0 Å². The highest BCUT2D eigenvalue weighted by Gasteiger charge is 2.32. The fraction of sp³-hybridized carbons (Fsp3) is 0.933. The molecule has 1 fully saturated rings. The summed E-state index contributed by atoms with van der Waals surface area (Å²) in [7, 11) is 3.57. The van der Waals surface area contributed by atoms with Crippen molar-refractivity contribution >= 4 is 5.97 Å². The number of hydrogen-bond donors (Lipinski definition) is 1. The van der Waals surface area contributed by atoms with Crippen molar-refractivity contribution in [3.05, 3.63) is 0 Å². The topological polar surface area (TPSA) is 55.6 Å². The average molecular weight is 270 g/mol. The minimum atomic E-state index is -0.126. The van der Waals surface area contributed by atoms with Crippen LogP contribution >= 0.6 is 0 Å². The Morgan fingerprint density at radius 1 is 1.47 bits per heavy atom. The first-order chi connectivity index (χ1) is 9.03. The van der Waals surface area contributed by atoms with Crippen LogP contribution in [0.4, 0.5) is 0 Å². The van der Waals surface area contributed by atoms with Gasteiger partial charge >= 0.3 is 5.97 Å². The Labute approximate surface area is 117 Å². The molecule has 0 spiro atoms. The van der Waals surface area contributed by atoms with Crippen LogP contribution in [0.2, 0.25) is 0 Å². The summed E-state index contributed by atoms with van der Waals surface area (Å²) in [6.45, 7) is 5.70. The molecule has 4 heteroatoms. The monoisotopic (exact) mass is 270 g/mol. The zero-order chi connectivity index (χ0) is 14.4. The molecule has 0 heterocycles. The summed E-state index contributed by atoms with van der Waals surface area (Å²) >= 11 is 0. The van der Waals surface area contributed by atoms with Gasteiger partial charge in [-0.3, -0.25) is 4.79 Å². The number of methoxy groups -OCH3 is 1. The molecule has 112 valence electrons. The lowest BCUT2D eigenvalue weighted by molar-refractivity contribution is -0.145. The van der Waals surface area contributed by atoms with Gasteiger partial charge in [0.15, 0.2) is 0 Å². The first kappa shape index (κ1) is 16.4. The van der Waals surface area contributed by atoms with Gasteiger partial charge in [0.1, 0.15) is 0 Å². The zero-order valence-electron chi connectivity index (χ0n) is 12.9. The predicted octanol–water partition coefficient (Wildman–Crippen LogP) is 1.88. The zero-order valence-corrected chi connectivity index (χ0v) is 12.9. The molecule has 1 aliphatic carbocycles. The van der Waals surface area contributed by atoms with Gasteiger partial charge in [-0.25, -0.2) is 0 Å². The maximum Gasteiger partial charge on any atom is 0.309 e. The van der Waals surface area contributed by atoms with E-state index >= 15 is 0 Å². The van der Waals surface area contributed by atoms with Crippen LogP contribution in [0.5, 0.6) is 0 Å². The van der Waals surface area contributed by atoms with E-state index in [1.165, 1.54) is 32.8 Å². The standard InChI is InChI=1S/C15H30N2O2/c1-5-12-6-7-13(9-16)14(8-12)17(3)10-11(2)15(18)19-4/h11-14H,5-10,16H2,1-4H3. The number of nitrogens with zero attached hydrogens (tertiary/aromatic N) is 1. The molecule has 4 nitrogen and oxygen atoms in total. The summed E-state index contributed by atoms with van der Waals surface area (Å²) in [6, 6.07) is 0.510. The van der Waals surface area contributed by atoms with Crippen LogP contribution in [-0.2, 0) is 9.53 Å². The SMILES string of the molecule is CCC1CCC(CN)C(N(C)CC(C)C(=O)OC)C1. The van der Waals surface area contributed by atoms with Gasteiger partial charge in [0, 0.05) is 12.6 Å². The molecule has 0 amide bonds. The molecule has 4 atom stereocenters. The van der Waals surface area contributed by atoms with E-state index in [4.69, 9.17) is 10.5 Å². The number of rotatable bonds is 6. The van der Waals surface area contributed by atoms with Crippen LogP contribution < -0.4 is 5.73 Å².